The molecular weight excluding hydrogens is 216 g/mol. The number of hydrogen-bond donors (Lipinski definition) is 1. The van der Waals surface area contributed by atoms with Crippen LogP contribution >= 0.6 is 11.8 Å². The molecule has 0 fully saturated rings. The molecule has 2 nitrogen and oxygen atoms in total. The van der Waals surface area contributed by atoms with Crippen LogP contribution in [0.1, 0.15) is 11.3 Å². The van der Waals surface area contributed by atoms with Crippen LogP contribution in [0.5, 0.6) is 0 Å². The van der Waals surface area contributed by atoms with Crippen LogP contribution < -0.4 is 5.73 Å². The summed E-state index contributed by atoms with van der Waals surface area (Å²) in [5.41, 5.74) is 8.73. The molecule has 0 aliphatic heterocycles. The van der Waals surface area contributed by atoms with Crippen molar-refractivity contribution in [3.05, 3.63) is 47.7 Å². The molecule has 0 spiro atoms. The molecule has 2 aromatic rings. The average molecular weight is 230 g/mol. The van der Waals surface area contributed by atoms with Gasteiger partial charge in [-0.2, -0.15) is 0 Å². The van der Waals surface area contributed by atoms with Crippen molar-refractivity contribution in [3.8, 4) is 0 Å². The maximum atomic E-state index is 5.64. The van der Waals surface area contributed by atoms with Crippen LogP contribution in [0.3, 0.4) is 0 Å². The summed E-state index contributed by atoms with van der Waals surface area (Å²) < 4.78 is 0. The second-order valence-electron chi connectivity index (χ2n) is 3.80. The van der Waals surface area contributed by atoms with E-state index in [-0.39, 0.29) is 0 Å². The van der Waals surface area contributed by atoms with Gasteiger partial charge in [0.2, 0.25) is 0 Å². The van der Waals surface area contributed by atoms with Crippen LogP contribution in [0.15, 0.2) is 46.3 Å². The molecule has 3 heteroatoms. The molecule has 0 aliphatic carbocycles. The SMILES string of the molecule is Cc1cc(C)nc(Sc2ccc(N)cc2)c1. The first-order valence-electron chi connectivity index (χ1n) is 5.12. The lowest BCUT2D eigenvalue weighted by molar-refractivity contribution is 1.05. The third-order valence-corrected chi connectivity index (χ3v) is 3.10. The Hall–Kier alpha value is -1.48. The zero-order valence-electron chi connectivity index (χ0n) is 9.40. The highest BCUT2D eigenvalue weighted by Gasteiger charge is 2.00. The van der Waals surface area contributed by atoms with Gasteiger partial charge in [0.05, 0.1) is 0 Å². The lowest BCUT2D eigenvalue weighted by Crippen LogP contribution is -1.87. The minimum Gasteiger partial charge on any atom is -0.399 e. The monoisotopic (exact) mass is 230 g/mol. The van der Waals surface area contributed by atoms with Gasteiger partial charge in [-0.15, -0.1) is 0 Å². The summed E-state index contributed by atoms with van der Waals surface area (Å²) >= 11 is 1.66. The Morgan fingerprint density at radius 3 is 2.38 bits per heavy atom. The molecule has 0 amide bonds. The topological polar surface area (TPSA) is 38.9 Å². The van der Waals surface area contributed by atoms with E-state index in [0.717, 1.165) is 21.3 Å². The standard InChI is InChI=1S/C13H14N2S/c1-9-7-10(2)15-13(8-9)16-12-5-3-11(14)4-6-12/h3-8H,14H2,1-2H3. The number of nitrogens with zero attached hydrogens (tertiary/aromatic N) is 1. The number of aryl methyl sites for hydroxylation is 2. The van der Waals surface area contributed by atoms with Gasteiger partial charge >= 0.3 is 0 Å². The van der Waals surface area contributed by atoms with Gasteiger partial charge in [-0.1, -0.05) is 11.8 Å². The molecule has 1 aromatic carbocycles. The number of anilines is 1. The van der Waals surface area contributed by atoms with Crippen molar-refractivity contribution < 1.29 is 0 Å². The highest BCUT2D eigenvalue weighted by Crippen LogP contribution is 2.27. The molecule has 2 N–H and O–H groups in total. The summed E-state index contributed by atoms with van der Waals surface area (Å²) in [6.45, 7) is 4.10. The van der Waals surface area contributed by atoms with Crippen LogP contribution in [0.4, 0.5) is 5.69 Å². The first-order valence-corrected chi connectivity index (χ1v) is 5.94. The fraction of sp³-hybridized carbons (Fsp3) is 0.154. The highest BCUT2D eigenvalue weighted by atomic mass is 32.2. The van der Waals surface area contributed by atoms with Crippen molar-refractivity contribution >= 4 is 17.4 Å². The van der Waals surface area contributed by atoms with Gasteiger partial charge in [0, 0.05) is 16.3 Å². The molecule has 82 valence electrons. The van der Waals surface area contributed by atoms with Gasteiger partial charge in [0.15, 0.2) is 0 Å². The predicted molar refractivity (Wildman–Crippen MR) is 68.7 cm³/mol. The molecular formula is C13H14N2S. The van der Waals surface area contributed by atoms with Gasteiger partial charge < -0.3 is 5.73 Å². The number of benzene rings is 1. The van der Waals surface area contributed by atoms with Gasteiger partial charge in [0.25, 0.3) is 0 Å². The fourth-order valence-corrected chi connectivity index (χ4v) is 2.46. The first kappa shape index (κ1) is 11.0. The fourth-order valence-electron chi connectivity index (χ4n) is 1.51. The zero-order valence-corrected chi connectivity index (χ0v) is 10.2. The van der Waals surface area contributed by atoms with Gasteiger partial charge in [-0.05, 0) is 55.8 Å². The molecule has 0 radical (unpaired) electrons. The molecule has 0 aliphatic rings. The quantitative estimate of drug-likeness (QED) is 0.803. The van der Waals surface area contributed by atoms with Gasteiger partial charge in [-0.3, -0.25) is 0 Å². The van der Waals surface area contributed by atoms with E-state index in [0.29, 0.717) is 0 Å². The Bertz CT molecular complexity index is 472. The van der Waals surface area contributed by atoms with Crippen molar-refractivity contribution in [3.63, 3.8) is 0 Å². The van der Waals surface area contributed by atoms with Crippen molar-refractivity contribution in [2.75, 3.05) is 5.73 Å². The summed E-state index contributed by atoms with van der Waals surface area (Å²) in [5, 5.41) is 1.03. The lowest BCUT2D eigenvalue weighted by Gasteiger charge is -2.04. The number of rotatable bonds is 2. The summed E-state index contributed by atoms with van der Waals surface area (Å²) in [6, 6.07) is 12.0. The molecule has 1 aromatic heterocycles. The summed E-state index contributed by atoms with van der Waals surface area (Å²) in [6.07, 6.45) is 0. The Morgan fingerprint density at radius 1 is 1.06 bits per heavy atom. The third-order valence-electron chi connectivity index (χ3n) is 2.18. The average Bonchev–Trinajstić information content (AvgIpc) is 2.20. The first-order chi connectivity index (χ1) is 7.63. The molecule has 0 atom stereocenters. The van der Waals surface area contributed by atoms with Crippen LogP contribution in [-0.4, -0.2) is 4.98 Å². The maximum Gasteiger partial charge on any atom is 0.101 e. The van der Waals surface area contributed by atoms with E-state index < -0.39 is 0 Å². The van der Waals surface area contributed by atoms with Crippen molar-refractivity contribution in [1.29, 1.82) is 0 Å². The normalized spacial score (nSPS) is 10.4. The predicted octanol–water partition coefficient (Wildman–Crippen LogP) is 3.43. The Balaban J connectivity index is 2.23. The molecule has 16 heavy (non-hydrogen) atoms. The van der Waals surface area contributed by atoms with Crippen molar-refractivity contribution in [2.24, 2.45) is 0 Å². The van der Waals surface area contributed by atoms with Crippen LogP contribution in [0.2, 0.25) is 0 Å². The largest absolute Gasteiger partial charge is 0.399 e. The molecule has 1 heterocycles. The highest BCUT2D eigenvalue weighted by molar-refractivity contribution is 7.99. The minimum atomic E-state index is 0.790. The van der Waals surface area contributed by atoms with Crippen LogP contribution in [0.25, 0.3) is 0 Å². The second-order valence-corrected chi connectivity index (χ2v) is 4.89. The summed E-state index contributed by atoms with van der Waals surface area (Å²) in [7, 11) is 0. The molecule has 0 bridgehead atoms. The van der Waals surface area contributed by atoms with E-state index in [2.05, 4.69) is 24.0 Å². The Labute approximate surface area is 99.9 Å². The van der Waals surface area contributed by atoms with E-state index in [1.807, 2.05) is 31.2 Å². The zero-order chi connectivity index (χ0) is 11.5. The maximum absolute atomic E-state index is 5.64. The van der Waals surface area contributed by atoms with E-state index in [9.17, 15) is 0 Å². The van der Waals surface area contributed by atoms with E-state index in [1.54, 1.807) is 11.8 Å². The number of pyridine rings is 1. The molecule has 0 saturated carbocycles. The number of aromatic nitrogens is 1. The Morgan fingerprint density at radius 2 is 1.75 bits per heavy atom. The van der Waals surface area contributed by atoms with E-state index in [1.165, 1.54) is 5.56 Å². The molecule has 0 unspecified atom stereocenters. The van der Waals surface area contributed by atoms with Crippen molar-refractivity contribution in [2.45, 2.75) is 23.8 Å². The van der Waals surface area contributed by atoms with Crippen LogP contribution in [-0.2, 0) is 0 Å². The Kier molecular flexibility index (Phi) is 3.15. The summed E-state index contributed by atoms with van der Waals surface area (Å²) in [5.74, 6) is 0. The molecule has 2 rings (SSSR count). The van der Waals surface area contributed by atoms with E-state index >= 15 is 0 Å². The van der Waals surface area contributed by atoms with Crippen molar-refractivity contribution in [1.82, 2.24) is 4.98 Å². The minimum absolute atomic E-state index is 0.790. The van der Waals surface area contributed by atoms with Crippen LogP contribution in [0, 0.1) is 13.8 Å². The summed E-state index contributed by atoms with van der Waals surface area (Å²) in [4.78, 5) is 5.64. The third kappa shape index (κ3) is 2.76. The van der Waals surface area contributed by atoms with E-state index in [4.69, 9.17) is 5.73 Å². The second kappa shape index (κ2) is 4.58. The van der Waals surface area contributed by atoms with Gasteiger partial charge in [-0.25, -0.2) is 4.98 Å². The number of nitrogen functional groups attached to an aromatic ring is 1. The number of hydrogen-bond acceptors (Lipinski definition) is 3. The molecule has 0 saturated heterocycles. The number of nitrogens with two attached hydrogens (primary N) is 1. The lowest BCUT2D eigenvalue weighted by atomic mass is 10.3. The smallest absolute Gasteiger partial charge is 0.101 e. The van der Waals surface area contributed by atoms with Gasteiger partial charge in [0.1, 0.15) is 5.03 Å².